The number of hydrogen-bond donors (Lipinski definition) is 0. The van der Waals surface area contributed by atoms with Crippen LogP contribution in [0.3, 0.4) is 0 Å². The molecule has 3 aromatic rings. The Hall–Kier alpha value is -1.96. The Morgan fingerprint density at radius 3 is 1.58 bits per heavy atom. The molecule has 0 aromatic heterocycles. The average Bonchev–Trinajstić information content (AvgIpc) is 3.17. The molecule has 2 fully saturated rings. The smallest absolute Gasteiger partial charge is 0.233 e. The highest BCUT2D eigenvalue weighted by Gasteiger charge is 2.59. The third kappa shape index (κ3) is 3.98. The fourth-order valence-corrected chi connectivity index (χ4v) is 11.5. The summed E-state index contributed by atoms with van der Waals surface area (Å²) in [5.74, 6) is 0.370. The Balaban J connectivity index is 0.00000259. The van der Waals surface area contributed by atoms with E-state index in [2.05, 4.69) is 103 Å². The third-order valence-corrected chi connectivity index (χ3v) is 12.9. The van der Waals surface area contributed by atoms with Gasteiger partial charge < -0.3 is 4.90 Å². The number of nitrogens with zero attached hydrogens (tertiary/aromatic N) is 1. The van der Waals surface area contributed by atoms with Crippen LogP contribution >= 0.6 is 24.2 Å². The van der Waals surface area contributed by atoms with Crippen molar-refractivity contribution in [2.24, 2.45) is 0 Å². The van der Waals surface area contributed by atoms with Gasteiger partial charge in [0, 0.05) is 12.6 Å². The Morgan fingerprint density at radius 1 is 0.727 bits per heavy atom. The van der Waals surface area contributed by atoms with Crippen LogP contribution in [0.4, 0.5) is 0 Å². The van der Waals surface area contributed by atoms with E-state index in [1.54, 1.807) is 0 Å². The fourth-order valence-electron chi connectivity index (χ4n) is 6.17. The van der Waals surface area contributed by atoms with E-state index in [9.17, 15) is 4.79 Å². The summed E-state index contributed by atoms with van der Waals surface area (Å²) < 4.78 is 0. The lowest BCUT2D eigenvalue weighted by atomic mass is 9.94. The van der Waals surface area contributed by atoms with Gasteiger partial charge in [0.15, 0.2) is 0 Å². The summed E-state index contributed by atoms with van der Waals surface area (Å²) in [6.45, 7) is 3.16. The lowest BCUT2D eigenvalue weighted by Crippen LogP contribution is -2.52. The van der Waals surface area contributed by atoms with E-state index < -0.39 is 12.4 Å². The molecule has 1 saturated heterocycles. The molecule has 33 heavy (non-hydrogen) atoms. The molecule has 2 aliphatic rings. The van der Waals surface area contributed by atoms with Crippen LogP contribution in [0.25, 0.3) is 0 Å². The highest BCUT2D eigenvalue weighted by molar-refractivity contribution is 8.93. The number of benzene rings is 3. The molecular weight excluding hydrogens is 489 g/mol. The maximum atomic E-state index is 14.4. The average molecular weight is 523 g/mol. The second kappa shape index (κ2) is 10.1. The molecule has 4 heteroatoms. The molecule has 1 radical (unpaired) electrons. The quantitative estimate of drug-likeness (QED) is 0.383. The minimum atomic E-state index is -2.25. The zero-order chi connectivity index (χ0) is 22.0. The van der Waals surface area contributed by atoms with Gasteiger partial charge in [-0.25, -0.2) is 0 Å². The van der Waals surface area contributed by atoms with Crippen LogP contribution in [0, 0.1) is 0 Å². The first-order chi connectivity index (χ1) is 15.7. The highest BCUT2D eigenvalue weighted by Crippen LogP contribution is 2.69. The van der Waals surface area contributed by atoms with Crippen molar-refractivity contribution in [2.75, 3.05) is 6.54 Å². The first-order valence-corrected chi connectivity index (χ1v) is 13.8. The van der Waals surface area contributed by atoms with Gasteiger partial charge in [-0.3, -0.25) is 4.79 Å². The van der Waals surface area contributed by atoms with Crippen LogP contribution in [-0.4, -0.2) is 28.5 Å². The number of likely N-dealkylation sites (tertiary alicyclic amines) is 1. The van der Waals surface area contributed by atoms with Gasteiger partial charge in [-0.2, -0.15) is 0 Å². The first-order valence-electron chi connectivity index (χ1n) is 12.0. The van der Waals surface area contributed by atoms with Gasteiger partial charge in [-0.15, -0.1) is 17.0 Å². The molecule has 0 bridgehead atoms. The predicted molar refractivity (Wildman–Crippen MR) is 147 cm³/mol. The molecule has 1 unspecified atom stereocenters. The zero-order valence-corrected chi connectivity index (χ0v) is 22.0. The molecule has 1 aliphatic heterocycles. The Morgan fingerprint density at radius 2 is 1.15 bits per heavy atom. The van der Waals surface area contributed by atoms with Crippen molar-refractivity contribution in [3.8, 4) is 0 Å². The number of hydrogen-bond acceptors (Lipinski definition) is 1. The summed E-state index contributed by atoms with van der Waals surface area (Å²) in [4.78, 5) is 16.7. The molecule has 1 saturated carbocycles. The molecular formula is C29H34BrNOP. The fraction of sp³-hybridized carbons (Fsp3) is 0.345. The molecule has 1 aliphatic carbocycles. The predicted octanol–water partition coefficient (Wildman–Crippen LogP) is 5.88. The monoisotopic (exact) mass is 522 g/mol. The van der Waals surface area contributed by atoms with Gasteiger partial charge in [0.05, 0.1) is 5.16 Å². The normalized spacial score (nSPS) is 21.6. The van der Waals surface area contributed by atoms with Crippen molar-refractivity contribution in [3.05, 3.63) is 91.0 Å². The zero-order valence-electron chi connectivity index (χ0n) is 19.4. The molecule has 5 rings (SSSR count). The van der Waals surface area contributed by atoms with Crippen molar-refractivity contribution in [3.63, 3.8) is 0 Å². The van der Waals surface area contributed by atoms with E-state index in [0.717, 1.165) is 25.8 Å². The standard InChI is InChI=1S/C29H33NOP.BrH/c1-29(22-23-30(28(29)31)24-14-6-2-7-15-24)32(25-16-8-3-9-17-25,26-18-10-4-11-19-26)27-20-12-5-13-21-27;/h3-5,8-13,16-21,24H,2,6-7,14-15,22-23H2,1H3;1H. The molecule has 1 heterocycles. The summed E-state index contributed by atoms with van der Waals surface area (Å²) in [6, 6.07) is 33.0. The van der Waals surface area contributed by atoms with Crippen LogP contribution < -0.4 is 15.9 Å². The Bertz CT molecular complexity index is 956. The molecule has 1 atom stereocenters. The summed E-state index contributed by atoms with van der Waals surface area (Å²) >= 11 is 0. The second-order valence-electron chi connectivity index (χ2n) is 9.49. The van der Waals surface area contributed by atoms with Crippen molar-refractivity contribution < 1.29 is 4.79 Å². The van der Waals surface area contributed by atoms with Crippen molar-refractivity contribution >= 4 is 46.1 Å². The Labute approximate surface area is 209 Å². The van der Waals surface area contributed by atoms with Crippen molar-refractivity contribution in [1.29, 1.82) is 0 Å². The maximum absolute atomic E-state index is 14.4. The largest absolute Gasteiger partial charge is 0.339 e. The van der Waals surface area contributed by atoms with Gasteiger partial charge in [-0.1, -0.05) is 110 Å². The summed E-state index contributed by atoms with van der Waals surface area (Å²) in [7, 11) is -2.25. The molecule has 1 amide bonds. The van der Waals surface area contributed by atoms with Crippen LogP contribution in [0.2, 0.25) is 0 Å². The van der Waals surface area contributed by atoms with Crippen molar-refractivity contribution in [1.82, 2.24) is 4.90 Å². The summed E-state index contributed by atoms with van der Waals surface area (Å²) in [6.07, 6.45) is 7.05. The lowest BCUT2D eigenvalue weighted by molar-refractivity contribution is -0.132. The van der Waals surface area contributed by atoms with Crippen LogP contribution in [0.5, 0.6) is 0 Å². The van der Waals surface area contributed by atoms with Crippen LogP contribution in [-0.2, 0) is 4.79 Å². The van der Waals surface area contributed by atoms with E-state index in [-0.39, 0.29) is 17.0 Å². The number of amides is 1. The number of carbonyl (C=O) groups is 1. The lowest BCUT2D eigenvalue weighted by Gasteiger charge is -2.49. The van der Waals surface area contributed by atoms with Crippen LogP contribution in [0.1, 0.15) is 45.4 Å². The van der Waals surface area contributed by atoms with E-state index in [1.165, 1.54) is 35.2 Å². The SMILES string of the molecule is Br.CC1([P](c2ccccc2)(c2ccccc2)c2ccccc2)CCN(C2CCCCC2)C1=O. The van der Waals surface area contributed by atoms with Gasteiger partial charge in [0.25, 0.3) is 0 Å². The van der Waals surface area contributed by atoms with E-state index in [0.29, 0.717) is 11.9 Å². The van der Waals surface area contributed by atoms with Gasteiger partial charge in [0.2, 0.25) is 5.91 Å². The minimum Gasteiger partial charge on any atom is -0.339 e. The highest BCUT2D eigenvalue weighted by atomic mass is 79.9. The van der Waals surface area contributed by atoms with Gasteiger partial charge in [-0.05, 0) is 49.4 Å². The molecule has 173 valence electrons. The maximum Gasteiger partial charge on any atom is 0.233 e. The molecule has 2 nitrogen and oxygen atoms in total. The van der Waals surface area contributed by atoms with E-state index >= 15 is 0 Å². The number of halogens is 1. The summed E-state index contributed by atoms with van der Waals surface area (Å²) in [5.41, 5.74) is 0. The second-order valence-corrected chi connectivity index (χ2v) is 13.4. The Kier molecular flexibility index (Phi) is 7.41. The van der Waals surface area contributed by atoms with Gasteiger partial charge in [0.1, 0.15) is 0 Å². The van der Waals surface area contributed by atoms with Gasteiger partial charge >= 0.3 is 0 Å². The summed E-state index contributed by atoms with van der Waals surface area (Å²) in [5, 5.41) is 3.46. The van der Waals surface area contributed by atoms with Crippen LogP contribution in [0.15, 0.2) is 91.0 Å². The number of rotatable bonds is 5. The van der Waals surface area contributed by atoms with E-state index in [1.807, 2.05) is 0 Å². The third-order valence-electron chi connectivity index (χ3n) is 7.75. The first kappa shape index (κ1) is 24.2. The number of carbonyl (C=O) groups excluding carboxylic acids is 1. The molecule has 0 N–H and O–H groups in total. The van der Waals surface area contributed by atoms with Crippen molar-refractivity contribution in [2.45, 2.75) is 56.6 Å². The van der Waals surface area contributed by atoms with E-state index in [4.69, 9.17) is 0 Å². The molecule has 3 aromatic carbocycles. The minimum absolute atomic E-state index is 0. The molecule has 0 spiro atoms. The topological polar surface area (TPSA) is 20.3 Å².